The maximum absolute atomic E-state index is 13.4. The molecule has 106 valence electrons. The van der Waals surface area contributed by atoms with E-state index in [1.165, 1.54) is 0 Å². The Bertz CT molecular complexity index is 583. The van der Waals surface area contributed by atoms with Gasteiger partial charge in [-0.15, -0.1) is 0 Å². The number of aromatic nitrogens is 1. The molecule has 0 aliphatic heterocycles. The average Bonchev–Trinajstić information content (AvgIpc) is 2.35. The van der Waals surface area contributed by atoms with E-state index in [2.05, 4.69) is 30.2 Å². The van der Waals surface area contributed by atoms with E-state index in [0.717, 1.165) is 34.4 Å². The molecule has 0 fully saturated rings. The van der Waals surface area contributed by atoms with Gasteiger partial charge in [0.15, 0.2) is 0 Å². The number of aryl methyl sites for hydroxylation is 2. The standard InChI is InChI=1S/C17H21FN2/c1-11(2)20-9-14-7-15(10-19-8-14)17-12(3)5-16(18)6-13(17)4/h5-8,10-11,20H,9H2,1-4H3. The Kier molecular flexibility index (Phi) is 4.50. The van der Waals surface area contributed by atoms with E-state index < -0.39 is 0 Å². The van der Waals surface area contributed by atoms with Crippen LogP contribution in [0.5, 0.6) is 0 Å². The lowest BCUT2D eigenvalue weighted by Gasteiger charge is -2.12. The summed E-state index contributed by atoms with van der Waals surface area (Å²) in [5, 5.41) is 3.38. The molecule has 1 aromatic carbocycles. The maximum atomic E-state index is 13.4. The van der Waals surface area contributed by atoms with Gasteiger partial charge in [0.25, 0.3) is 0 Å². The molecule has 0 radical (unpaired) electrons. The number of rotatable bonds is 4. The lowest BCUT2D eigenvalue weighted by Crippen LogP contribution is -2.21. The van der Waals surface area contributed by atoms with E-state index >= 15 is 0 Å². The van der Waals surface area contributed by atoms with E-state index in [1.807, 2.05) is 26.2 Å². The molecule has 0 aliphatic carbocycles. The van der Waals surface area contributed by atoms with Crippen LogP contribution in [0, 0.1) is 19.7 Å². The lowest BCUT2D eigenvalue weighted by molar-refractivity contribution is 0.588. The molecule has 0 unspecified atom stereocenters. The molecule has 0 aliphatic rings. The predicted octanol–water partition coefficient (Wildman–Crippen LogP) is 4.00. The Morgan fingerprint density at radius 2 is 1.75 bits per heavy atom. The van der Waals surface area contributed by atoms with Crippen molar-refractivity contribution in [2.24, 2.45) is 0 Å². The van der Waals surface area contributed by atoms with Gasteiger partial charge in [0.2, 0.25) is 0 Å². The lowest BCUT2D eigenvalue weighted by atomic mass is 9.96. The van der Waals surface area contributed by atoms with Crippen molar-refractivity contribution in [3.8, 4) is 11.1 Å². The predicted molar refractivity (Wildman–Crippen MR) is 81.1 cm³/mol. The number of hydrogen-bond donors (Lipinski definition) is 1. The van der Waals surface area contributed by atoms with Gasteiger partial charge in [0.1, 0.15) is 5.82 Å². The minimum absolute atomic E-state index is 0.186. The van der Waals surface area contributed by atoms with Gasteiger partial charge < -0.3 is 5.32 Å². The maximum Gasteiger partial charge on any atom is 0.123 e. The minimum Gasteiger partial charge on any atom is -0.310 e. The molecule has 2 aromatic rings. The van der Waals surface area contributed by atoms with E-state index in [0.29, 0.717) is 6.04 Å². The van der Waals surface area contributed by atoms with Crippen LogP contribution in [0.15, 0.2) is 30.6 Å². The van der Waals surface area contributed by atoms with Crippen molar-refractivity contribution >= 4 is 0 Å². The molecule has 0 atom stereocenters. The van der Waals surface area contributed by atoms with Gasteiger partial charge in [0.05, 0.1) is 0 Å². The van der Waals surface area contributed by atoms with E-state index in [9.17, 15) is 4.39 Å². The first kappa shape index (κ1) is 14.7. The fourth-order valence-corrected chi connectivity index (χ4v) is 2.41. The van der Waals surface area contributed by atoms with Crippen LogP contribution in [-0.2, 0) is 6.54 Å². The number of nitrogens with one attached hydrogen (secondary N) is 1. The molecule has 0 saturated heterocycles. The third-order valence-electron chi connectivity index (χ3n) is 3.30. The Hall–Kier alpha value is -1.74. The van der Waals surface area contributed by atoms with Crippen molar-refractivity contribution in [1.29, 1.82) is 0 Å². The molecule has 2 rings (SSSR count). The molecule has 0 spiro atoms. The summed E-state index contributed by atoms with van der Waals surface area (Å²) in [5.41, 5.74) is 5.14. The average molecular weight is 272 g/mol. The number of hydrogen-bond acceptors (Lipinski definition) is 2. The first-order valence-corrected chi connectivity index (χ1v) is 6.92. The number of pyridine rings is 1. The summed E-state index contributed by atoms with van der Waals surface area (Å²) in [6.07, 6.45) is 3.71. The molecular formula is C17H21FN2. The first-order valence-electron chi connectivity index (χ1n) is 6.92. The highest BCUT2D eigenvalue weighted by Crippen LogP contribution is 2.28. The Morgan fingerprint density at radius 3 is 2.35 bits per heavy atom. The van der Waals surface area contributed by atoms with Crippen LogP contribution in [-0.4, -0.2) is 11.0 Å². The smallest absolute Gasteiger partial charge is 0.123 e. The molecular weight excluding hydrogens is 251 g/mol. The topological polar surface area (TPSA) is 24.9 Å². The molecule has 1 heterocycles. The van der Waals surface area contributed by atoms with Crippen LogP contribution in [0.3, 0.4) is 0 Å². The van der Waals surface area contributed by atoms with Gasteiger partial charge in [0, 0.05) is 30.5 Å². The van der Waals surface area contributed by atoms with Crippen LogP contribution in [0.2, 0.25) is 0 Å². The van der Waals surface area contributed by atoms with E-state index in [4.69, 9.17) is 0 Å². The third kappa shape index (κ3) is 3.42. The summed E-state index contributed by atoms with van der Waals surface area (Å²) >= 11 is 0. The van der Waals surface area contributed by atoms with Gasteiger partial charge in [-0.05, 0) is 54.3 Å². The van der Waals surface area contributed by atoms with Crippen molar-refractivity contribution in [1.82, 2.24) is 10.3 Å². The molecule has 2 nitrogen and oxygen atoms in total. The highest BCUT2D eigenvalue weighted by atomic mass is 19.1. The van der Waals surface area contributed by atoms with Gasteiger partial charge in [-0.3, -0.25) is 4.98 Å². The van der Waals surface area contributed by atoms with Crippen molar-refractivity contribution in [2.75, 3.05) is 0 Å². The second-order valence-corrected chi connectivity index (χ2v) is 5.53. The molecule has 0 amide bonds. The van der Waals surface area contributed by atoms with Gasteiger partial charge in [-0.1, -0.05) is 13.8 Å². The van der Waals surface area contributed by atoms with Crippen LogP contribution in [0.25, 0.3) is 11.1 Å². The van der Waals surface area contributed by atoms with Crippen molar-refractivity contribution in [3.05, 3.63) is 53.1 Å². The fourth-order valence-electron chi connectivity index (χ4n) is 2.41. The molecule has 3 heteroatoms. The normalized spacial score (nSPS) is 11.1. The summed E-state index contributed by atoms with van der Waals surface area (Å²) in [6.45, 7) is 8.89. The third-order valence-corrected chi connectivity index (χ3v) is 3.30. The zero-order valence-electron chi connectivity index (χ0n) is 12.5. The van der Waals surface area contributed by atoms with Crippen LogP contribution >= 0.6 is 0 Å². The zero-order valence-corrected chi connectivity index (χ0v) is 12.5. The highest BCUT2D eigenvalue weighted by molar-refractivity contribution is 5.70. The summed E-state index contributed by atoms with van der Waals surface area (Å²) in [5.74, 6) is -0.186. The molecule has 20 heavy (non-hydrogen) atoms. The zero-order chi connectivity index (χ0) is 14.7. The van der Waals surface area contributed by atoms with Crippen LogP contribution < -0.4 is 5.32 Å². The van der Waals surface area contributed by atoms with Crippen LogP contribution in [0.4, 0.5) is 4.39 Å². The SMILES string of the molecule is Cc1cc(F)cc(C)c1-c1cncc(CNC(C)C)c1. The molecule has 0 saturated carbocycles. The van der Waals surface area contributed by atoms with E-state index in [-0.39, 0.29) is 5.82 Å². The Labute approximate surface area is 120 Å². The summed E-state index contributed by atoms with van der Waals surface area (Å²) < 4.78 is 13.4. The highest BCUT2D eigenvalue weighted by Gasteiger charge is 2.09. The molecule has 1 aromatic heterocycles. The van der Waals surface area contributed by atoms with Gasteiger partial charge in [-0.25, -0.2) is 4.39 Å². The van der Waals surface area contributed by atoms with Crippen molar-refractivity contribution < 1.29 is 4.39 Å². The Morgan fingerprint density at radius 1 is 1.10 bits per heavy atom. The van der Waals surface area contributed by atoms with Crippen molar-refractivity contribution in [2.45, 2.75) is 40.3 Å². The summed E-state index contributed by atoms with van der Waals surface area (Å²) in [7, 11) is 0. The van der Waals surface area contributed by atoms with Crippen molar-refractivity contribution in [3.63, 3.8) is 0 Å². The van der Waals surface area contributed by atoms with Gasteiger partial charge >= 0.3 is 0 Å². The minimum atomic E-state index is -0.186. The number of benzene rings is 1. The Balaban J connectivity index is 2.36. The second-order valence-electron chi connectivity index (χ2n) is 5.53. The molecule has 0 bridgehead atoms. The monoisotopic (exact) mass is 272 g/mol. The van der Waals surface area contributed by atoms with Crippen LogP contribution in [0.1, 0.15) is 30.5 Å². The second kappa shape index (κ2) is 6.14. The fraction of sp³-hybridized carbons (Fsp3) is 0.353. The largest absolute Gasteiger partial charge is 0.310 e. The number of nitrogens with zero attached hydrogens (tertiary/aromatic N) is 1. The van der Waals surface area contributed by atoms with E-state index in [1.54, 1.807) is 12.1 Å². The van der Waals surface area contributed by atoms with Gasteiger partial charge in [-0.2, -0.15) is 0 Å². The quantitative estimate of drug-likeness (QED) is 0.910. The number of halogens is 1. The summed E-state index contributed by atoms with van der Waals surface area (Å²) in [4.78, 5) is 4.31. The molecule has 1 N–H and O–H groups in total. The first-order chi connectivity index (χ1) is 9.47. The summed E-state index contributed by atoms with van der Waals surface area (Å²) in [6, 6.07) is 5.70.